The van der Waals surface area contributed by atoms with E-state index in [4.69, 9.17) is 14.6 Å². The van der Waals surface area contributed by atoms with Crippen LogP contribution in [0.1, 0.15) is 50.0 Å². The molecule has 34 heavy (non-hydrogen) atoms. The van der Waals surface area contributed by atoms with Gasteiger partial charge in [0.05, 0.1) is 18.8 Å². The van der Waals surface area contributed by atoms with Crippen LogP contribution >= 0.6 is 11.3 Å². The van der Waals surface area contributed by atoms with Crippen molar-refractivity contribution in [2.24, 2.45) is 5.92 Å². The molecule has 0 unspecified atom stereocenters. The molecule has 176 valence electrons. The third-order valence-corrected chi connectivity index (χ3v) is 7.34. The van der Waals surface area contributed by atoms with Gasteiger partial charge in [0.1, 0.15) is 18.1 Å². The summed E-state index contributed by atoms with van der Waals surface area (Å²) in [4.78, 5) is 33.1. The van der Waals surface area contributed by atoms with E-state index >= 15 is 0 Å². The van der Waals surface area contributed by atoms with Gasteiger partial charge in [0.15, 0.2) is 17.2 Å². The van der Waals surface area contributed by atoms with E-state index in [0.29, 0.717) is 67.3 Å². The maximum Gasteiger partial charge on any atom is 0.272 e. The third-order valence-electron chi connectivity index (χ3n) is 6.42. The maximum atomic E-state index is 13.4. The number of thiophene rings is 1. The number of hydrogen-bond acceptors (Lipinski definition) is 7. The quantitative estimate of drug-likeness (QED) is 0.584. The van der Waals surface area contributed by atoms with Crippen LogP contribution in [-0.2, 0) is 26.1 Å². The third kappa shape index (κ3) is 4.02. The Morgan fingerprint density at radius 1 is 1.21 bits per heavy atom. The van der Waals surface area contributed by atoms with Crippen LogP contribution in [0, 0.1) is 5.92 Å². The average Bonchev–Trinajstić information content (AvgIpc) is 3.48. The minimum absolute atomic E-state index is 0.0998. The second kappa shape index (κ2) is 8.75. The Morgan fingerprint density at radius 3 is 2.91 bits per heavy atom. The van der Waals surface area contributed by atoms with E-state index in [1.54, 1.807) is 11.1 Å². The van der Waals surface area contributed by atoms with Crippen molar-refractivity contribution in [1.82, 2.24) is 25.0 Å². The van der Waals surface area contributed by atoms with Crippen LogP contribution in [-0.4, -0.2) is 51.2 Å². The molecule has 3 aliphatic rings. The summed E-state index contributed by atoms with van der Waals surface area (Å²) in [6.45, 7) is 2.99. The lowest BCUT2D eigenvalue weighted by atomic mass is 10.0. The zero-order valence-corrected chi connectivity index (χ0v) is 19.5. The Morgan fingerprint density at radius 2 is 2.09 bits per heavy atom. The van der Waals surface area contributed by atoms with Gasteiger partial charge < -0.3 is 19.7 Å². The SMILES string of the molecule is O=C(NCc1ccccn1)c1nn(CC2CC2)c2c1CN(C(=O)c1scc3c1OCCO3)CC2. The van der Waals surface area contributed by atoms with Crippen molar-refractivity contribution in [2.75, 3.05) is 19.8 Å². The van der Waals surface area contributed by atoms with Crippen molar-refractivity contribution >= 4 is 23.2 Å². The van der Waals surface area contributed by atoms with Crippen molar-refractivity contribution < 1.29 is 19.1 Å². The lowest BCUT2D eigenvalue weighted by Crippen LogP contribution is -2.37. The van der Waals surface area contributed by atoms with E-state index in [0.717, 1.165) is 23.5 Å². The first-order valence-electron chi connectivity index (χ1n) is 11.6. The normalized spacial score (nSPS) is 16.8. The minimum atomic E-state index is -0.240. The highest BCUT2D eigenvalue weighted by atomic mass is 32.1. The number of aromatic nitrogens is 3. The smallest absolute Gasteiger partial charge is 0.272 e. The van der Waals surface area contributed by atoms with Gasteiger partial charge in [-0.3, -0.25) is 19.3 Å². The molecular formula is C24H25N5O4S. The Balaban J connectivity index is 1.25. The molecule has 0 atom stereocenters. The van der Waals surface area contributed by atoms with Crippen molar-refractivity contribution in [3.63, 3.8) is 0 Å². The standard InChI is InChI=1S/C24H25N5O4S/c30-23(26-11-16-3-1-2-7-25-16)20-17-13-28(8-6-18(17)29(27-20)12-15-4-5-15)24(31)22-21-19(14-34-22)32-9-10-33-21/h1-3,7,14-15H,4-6,8-13H2,(H,26,30). The van der Waals surface area contributed by atoms with Gasteiger partial charge in [-0.25, -0.2) is 0 Å². The highest BCUT2D eigenvalue weighted by Gasteiger charge is 2.34. The van der Waals surface area contributed by atoms with E-state index in [1.165, 1.54) is 24.2 Å². The largest absolute Gasteiger partial charge is 0.485 e. The van der Waals surface area contributed by atoms with Crippen molar-refractivity contribution in [3.05, 3.63) is 57.3 Å². The Bertz CT molecular complexity index is 1230. The molecule has 0 spiro atoms. The number of nitrogens with one attached hydrogen (secondary N) is 1. The van der Waals surface area contributed by atoms with Crippen LogP contribution in [0.15, 0.2) is 29.8 Å². The molecule has 5 heterocycles. The van der Waals surface area contributed by atoms with Gasteiger partial charge in [0, 0.05) is 42.3 Å². The van der Waals surface area contributed by atoms with Gasteiger partial charge in [-0.2, -0.15) is 5.10 Å². The highest BCUT2D eigenvalue weighted by Crippen LogP contribution is 2.40. The fourth-order valence-corrected chi connectivity index (χ4v) is 5.35. The molecular weight excluding hydrogens is 454 g/mol. The van der Waals surface area contributed by atoms with Crippen LogP contribution in [0.4, 0.5) is 0 Å². The first-order valence-corrected chi connectivity index (χ1v) is 12.5. The molecule has 1 aliphatic carbocycles. The summed E-state index contributed by atoms with van der Waals surface area (Å²) >= 11 is 1.34. The Hall–Kier alpha value is -3.40. The topological polar surface area (TPSA) is 98.6 Å². The minimum Gasteiger partial charge on any atom is -0.485 e. The van der Waals surface area contributed by atoms with Crippen LogP contribution in [0.3, 0.4) is 0 Å². The lowest BCUT2D eigenvalue weighted by molar-refractivity contribution is 0.0726. The molecule has 10 heteroatoms. The molecule has 0 radical (unpaired) electrons. The Labute approximate surface area is 200 Å². The zero-order valence-electron chi connectivity index (χ0n) is 18.7. The number of pyridine rings is 1. The lowest BCUT2D eigenvalue weighted by Gasteiger charge is -2.28. The van der Waals surface area contributed by atoms with Crippen LogP contribution < -0.4 is 14.8 Å². The molecule has 3 aromatic rings. The van der Waals surface area contributed by atoms with Crippen molar-refractivity contribution in [1.29, 1.82) is 0 Å². The van der Waals surface area contributed by atoms with Gasteiger partial charge in [0.2, 0.25) is 0 Å². The summed E-state index contributed by atoms with van der Waals surface area (Å²) in [6, 6.07) is 5.60. The summed E-state index contributed by atoms with van der Waals surface area (Å²) in [7, 11) is 0. The molecule has 1 fully saturated rings. The Kier molecular flexibility index (Phi) is 5.44. The summed E-state index contributed by atoms with van der Waals surface area (Å²) in [5.41, 5.74) is 3.08. The van der Waals surface area contributed by atoms with Gasteiger partial charge >= 0.3 is 0 Å². The van der Waals surface area contributed by atoms with Gasteiger partial charge in [-0.15, -0.1) is 11.3 Å². The highest BCUT2D eigenvalue weighted by molar-refractivity contribution is 7.12. The molecule has 1 saturated carbocycles. The number of carbonyl (C=O) groups excluding carboxylic acids is 2. The van der Waals surface area contributed by atoms with E-state index in [-0.39, 0.29) is 11.8 Å². The molecule has 0 bridgehead atoms. The molecule has 2 amide bonds. The molecule has 1 N–H and O–H groups in total. The van der Waals surface area contributed by atoms with Crippen molar-refractivity contribution in [2.45, 2.75) is 38.9 Å². The fourth-order valence-electron chi connectivity index (χ4n) is 4.45. The predicted molar refractivity (Wildman–Crippen MR) is 124 cm³/mol. The fraction of sp³-hybridized carbons (Fsp3) is 0.417. The summed E-state index contributed by atoms with van der Waals surface area (Å²) in [6.07, 6.45) is 4.77. The average molecular weight is 480 g/mol. The number of carbonyl (C=O) groups is 2. The van der Waals surface area contributed by atoms with Gasteiger partial charge in [-0.1, -0.05) is 6.07 Å². The monoisotopic (exact) mass is 479 g/mol. The molecule has 0 saturated heterocycles. The van der Waals surface area contributed by atoms with E-state index in [9.17, 15) is 9.59 Å². The molecule has 2 aliphatic heterocycles. The molecule has 3 aromatic heterocycles. The zero-order chi connectivity index (χ0) is 23.1. The van der Waals surface area contributed by atoms with E-state index in [2.05, 4.69) is 10.3 Å². The predicted octanol–water partition coefficient (Wildman–Crippen LogP) is 2.65. The first kappa shape index (κ1) is 21.2. The summed E-state index contributed by atoms with van der Waals surface area (Å²) in [5.74, 6) is 1.45. The number of amides is 2. The van der Waals surface area contributed by atoms with Gasteiger partial charge in [-0.05, 0) is 30.9 Å². The summed E-state index contributed by atoms with van der Waals surface area (Å²) < 4.78 is 13.3. The second-order valence-electron chi connectivity index (χ2n) is 8.83. The van der Waals surface area contributed by atoms with E-state index < -0.39 is 0 Å². The van der Waals surface area contributed by atoms with Crippen LogP contribution in [0.25, 0.3) is 0 Å². The maximum absolute atomic E-state index is 13.4. The number of hydrogen-bond donors (Lipinski definition) is 1. The first-order chi connectivity index (χ1) is 16.7. The van der Waals surface area contributed by atoms with E-state index in [1.807, 2.05) is 28.3 Å². The van der Waals surface area contributed by atoms with Crippen molar-refractivity contribution in [3.8, 4) is 11.5 Å². The molecule has 6 rings (SSSR count). The summed E-state index contributed by atoms with van der Waals surface area (Å²) in [5, 5.41) is 9.48. The number of ether oxygens (including phenoxy) is 2. The molecule has 0 aromatic carbocycles. The van der Waals surface area contributed by atoms with Crippen LogP contribution in [0.5, 0.6) is 11.5 Å². The number of rotatable bonds is 6. The number of fused-ring (bicyclic) bond motifs is 2. The number of nitrogens with zero attached hydrogens (tertiary/aromatic N) is 4. The second-order valence-corrected chi connectivity index (χ2v) is 9.71. The van der Waals surface area contributed by atoms with Crippen LogP contribution in [0.2, 0.25) is 0 Å². The molecule has 9 nitrogen and oxygen atoms in total. The van der Waals surface area contributed by atoms with Gasteiger partial charge in [0.25, 0.3) is 11.8 Å².